The second kappa shape index (κ2) is 8.13. The third kappa shape index (κ3) is 4.70. The Hall–Kier alpha value is -1.62. The molecule has 1 aromatic heterocycles. The average Bonchev–Trinajstić information content (AvgIpc) is 2.81. The summed E-state index contributed by atoms with van der Waals surface area (Å²) in [6.45, 7) is 6.55. The van der Waals surface area contributed by atoms with Crippen molar-refractivity contribution < 1.29 is 4.79 Å². The molecule has 1 atom stereocenters. The number of nitrogens with two attached hydrogens (primary N) is 1. The first-order valence-corrected chi connectivity index (χ1v) is 8.31. The highest BCUT2D eigenvalue weighted by Gasteiger charge is 2.16. The van der Waals surface area contributed by atoms with Crippen molar-refractivity contribution in [3.05, 3.63) is 23.9 Å². The zero-order valence-corrected chi connectivity index (χ0v) is 13.7. The Bertz CT molecular complexity index is 464. The Kier molecular flexibility index (Phi) is 6.19. The summed E-state index contributed by atoms with van der Waals surface area (Å²) in [7, 11) is 0. The Morgan fingerprint density at radius 1 is 1.27 bits per heavy atom. The van der Waals surface area contributed by atoms with E-state index in [1.807, 2.05) is 26.1 Å². The molecule has 1 aromatic rings. The zero-order valence-electron chi connectivity index (χ0n) is 13.7. The van der Waals surface area contributed by atoms with Crippen LogP contribution in [0.1, 0.15) is 45.1 Å². The molecule has 1 aliphatic heterocycles. The molecule has 22 heavy (non-hydrogen) atoms. The molecule has 5 nitrogen and oxygen atoms in total. The van der Waals surface area contributed by atoms with Gasteiger partial charge >= 0.3 is 0 Å². The number of anilines is 1. The van der Waals surface area contributed by atoms with Gasteiger partial charge in [0.15, 0.2) is 0 Å². The van der Waals surface area contributed by atoms with E-state index in [9.17, 15) is 4.79 Å². The van der Waals surface area contributed by atoms with Crippen LogP contribution in [0.25, 0.3) is 0 Å². The molecule has 1 saturated heterocycles. The van der Waals surface area contributed by atoms with E-state index < -0.39 is 6.04 Å². The maximum absolute atomic E-state index is 11.8. The number of hydrogen-bond donors (Lipinski definition) is 2. The van der Waals surface area contributed by atoms with Gasteiger partial charge in [-0.05, 0) is 30.4 Å². The molecular formula is C17H28N4O. The topological polar surface area (TPSA) is 71.2 Å². The molecule has 0 aromatic carbocycles. The first-order chi connectivity index (χ1) is 10.6. The van der Waals surface area contributed by atoms with Crippen molar-refractivity contribution in [1.29, 1.82) is 0 Å². The Labute approximate surface area is 133 Å². The van der Waals surface area contributed by atoms with E-state index in [2.05, 4.69) is 21.3 Å². The fourth-order valence-corrected chi connectivity index (χ4v) is 2.62. The second-order valence-corrected chi connectivity index (χ2v) is 6.41. The van der Waals surface area contributed by atoms with Gasteiger partial charge in [0.1, 0.15) is 5.82 Å². The lowest BCUT2D eigenvalue weighted by Gasteiger charge is -2.21. The standard InChI is InChI=1S/C17H28N4O/c1-13(2)16(18)17(22)20-12-14-7-8-15(19-11-14)21-9-5-3-4-6-10-21/h7-8,11,13,16H,3-6,9-10,12,18H2,1-2H3,(H,20,22)/t16-/m0/s1. The van der Waals surface area contributed by atoms with Crippen molar-refractivity contribution >= 4 is 11.7 Å². The number of hydrogen-bond acceptors (Lipinski definition) is 4. The van der Waals surface area contributed by atoms with Crippen molar-refractivity contribution in [3.8, 4) is 0 Å². The Morgan fingerprint density at radius 2 is 1.95 bits per heavy atom. The highest BCUT2D eigenvalue weighted by molar-refractivity contribution is 5.81. The first kappa shape index (κ1) is 16.7. The normalized spacial score (nSPS) is 17.2. The van der Waals surface area contributed by atoms with Gasteiger partial charge in [0.25, 0.3) is 0 Å². The number of carbonyl (C=O) groups excluding carboxylic acids is 1. The molecule has 0 saturated carbocycles. The summed E-state index contributed by atoms with van der Waals surface area (Å²) >= 11 is 0. The first-order valence-electron chi connectivity index (χ1n) is 8.31. The van der Waals surface area contributed by atoms with E-state index in [0.29, 0.717) is 6.54 Å². The van der Waals surface area contributed by atoms with Crippen molar-refractivity contribution in [2.24, 2.45) is 11.7 Å². The maximum Gasteiger partial charge on any atom is 0.237 e. The smallest absolute Gasteiger partial charge is 0.237 e. The minimum Gasteiger partial charge on any atom is -0.357 e. The van der Waals surface area contributed by atoms with Gasteiger partial charge in [-0.25, -0.2) is 4.98 Å². The van der Waals surface area contributed by atoms with Gasteiger partial charge in [-0.1, -0.05) is 32.8 Å². The van der Waals surface area contributed by atoms with Gasteiger partial charge in [-0.15, -0.1) is 0 Å². The highest BCUT2D eigenvalue weighted by Crippen LogP contribution is 2.17. The summed E-state index contributed by atoms with van der Waals surface area (Å²) in [5.74, 6) is 1.07. The van der Waals surface area contributed by atoms with Crippen molar-refractivity contribution in [2.45, 2.75) is 52.1 Å². The molecule has 0 bridgehead atoms. The Morgan fingerprint density at radius 3 is 2.50 bits per heavy atom. The van der Waals surface area contributed by atoms with Crippen LogP contribution in [-0.4, -0.2) is 30.0 Å². The summed E-state index contributed by atoms with van der Waals surface area (Å²) in [6, 6.07) is 3.63. The van der Waals surface area contributed by atoms with E-state index in [1.165, 1.54) is 25.7 Å². The molecule has 0 spiro atoms. The molecular weight excluding hydrogens is 276 g/mol. The van der Waals surface area contributed by atoms with Crippen LogP contribution in [0.3, 0.4) is 0 Å². The molecule has 0 unspecified atom stereocenters. The van der Waals surface area contributed by atoms with Crippen LogP contribution in [0.15, 0.2) is 18.3 Å². The third-order valence-electron chi connectivity index (χ3n) is 4.23. The van der Waals surface area contributed by atoms with Gasteiger partial charge < -0.3 is 16.0 Å². The largest absolute Gasteiger partial charge is 0.357 e. The lowest BCUT2D eigenvalue weighted by atomic mass is 10.1. The lowest BCUT2D eigenvalue weighted by Crippen LogP contribution is -2.43. The molecule has 2 heterocycles. The summed E-state index contributed by atoms with van der Waals surface area (Å²) in [6.07, 6.45) is 6.97. The maximum atomic E-state index is 11.8. The lowest BCUT2D eigenvalue weighted by molar-refractivity contribution is -0.123. The van der Waals surface area contributed by atoms with E-state index >= 15 is 0 Å². The van der Waals surface area contributed by atoms with Crippen molar-refractivity contribution in [3.63, 3.8) is 0 Å². The number of rotatable bonds is 5. The minimum absolute atomic E-state index is 0.105. The summed E-state index contributed by atoms with van der Waals surface area (Å²) in [5.41, 5.74) is 6.83. The van der Waals surface area contributed by atoms with Crippen molar-refractivity contribution in [2.75, 3.05) is 18.0 Å². The third-order valence-corrected chi connectivity index (χ3v) is 4.23. The van der Waals surface area contributed by atoms with Gasteiger partial charge in [-0.2, -0.15) is 0 Å². The molecule has 2 rings (SSSR count). The number of carbonyl (C=O) groups is 1. The van der Waals surface area contributed by atoms with Gasteiger partial charge in [0.2, 0.25) is 5.91 Å². The van der Waals surface area contributed by atoms with E-state index in [-0.39, 0.29) is 11.8 Å². The number of aromatic nitrogens is 1. The minimum atomic E-state index is -0.454. The van der Waals surface area contributed by atoms with Crippen molar-refractivity contribution in [1.82, 2.24) is 10.3 Å². The van der Waals surface area contributed by atoms with Crippen LogP contribution < -0.4 is 16.0 Å². The van der Waals surface area contributed by atoms with E-state index in [4.69, 9.17) is 5.73 Å². The van der Waals surface area contributed by atoms with Gasteiger partial charge in [0, 0.05) is 25.8 Å². The van der Waals surface area contributed by atoms with Gasteiger partial charge in [-0.3, -0.25) is 4.79 Å². The molecule has 3 N–H and O–H groups in total. The summed E-state index contributed by atoms with van der Waals surface area (Å²) < 4.78 is 0. The predicted octanol–water partition coefficient (Wildman–Crippen LogP) is 2.06. The van der Waals surface area contributed by atoms with E-state index in [1.54, 1.807) is 0 Å². The van der Waals surface area contributed by atoms with Crippen LogP contribution in [0.4, 0.5) is 5.82 Å². The summed E-state index contributed by atoms with van der Waals surface area (Å²) in [4.78, 5) is 18.7. The van der Waals surface area contributed by atoms with Crippen LogP contribution in [0, 0.1) is 5.92 Å². The molecule has 1 aliphatic rings. The number of amides is 1. The van der Waals surface area contributed by atoms with E-state index in [0.717, 1.165) is 24.5 Å². The quantitative estimate of drug-likeness (QED) is 0.873. The molecule has 1 fully saturated rings. The van der Waals surface area contributed by atoms with Crippen LogP contribution in [-0.2, 0) is 11.3 Å². The molecule has 0 radical (unpaired) electrons. The van der Waals surface area contributed by atoms with Crippen LogP contribution in [0.2, 0.25) is 0 Å². The zero-order chi connectivity index (χ0) is 15.9. The highest BCUT2D eigenvalue weighted by atomic mass is 16.2. The van der Waals surface area contributed by atoms with Gasteiger partial charge in [0.05, 0.1) is 6.04 Å². The predicted molar refractivity (Wildman–Crippen MR) is 89.6 cm³/mol. The molecule has 5 heteroatoms. The number of nitrogens with one attached hydrogen (secondary N) is 1. The van der Waals surface area contributed by atoms with Crippen LogP contribution >= 0.6 is 0 Å². The number of nitrogens with zero attached hydrogens (tertiary/aromatic N) is 2. The number of pyridine rings is 1. The summed E-state index contributed by atoms with van der Waals surface area (Å²) in [5, 5.41) is 2.87. The molecule has 1 amide bonds. The SMILES string of the molecule is CC(C)[C@H](N)C(=O)NCc1ccc(N2CCCCCC2)nc1. The molecule has 122 valence electrons. The fourth-order valence-electron chi connectivity index (χ4n) is 2.62. The monoisotopic (exact) mass is 304 g/mol. The second-order valence-electron chi connectivity index (χ2n) is 6.41. The van der Waals surface area contributed by atoms with Crippen LogP contribution in [0.5, 0.6) is 0 Å². The molecule has 0 aliphatic carbocycles. The fraction of sp³-hybridized carbons (Fsp3) is 0.647. The Balaban J connectivity index is 1.87. The average molecular weight is 304 g/mol.